The van der Waals surface area contributed by atoms with Crippen molar-refractivity contribution in [1.82, 2.24) is 10.0 Å². The summed E-state index contributed by atoms with van der Waals surface area (Å²) < 4.78 is 10.9. The van der Waals surface area contributed by atoms with E-state index in [2.05, 4.69) is 0 Å². The highest BCUT2D eigenvalue weighted by Crippen LogP contribution is 2.45. The molecule has 0 spiro atoms. The molecule has 1 unspecified atom stereocenters. The minimum absolute atomic E-state index is 0.00484. The number of nitrogens with zero attached hydrogens (tertiary/aromatic N) is 2. The maximum atomic E-state index is 13.4. The molecule has 0 N–H and O–H groups in total. The normalized spacial score (nSPS) is 17.2. The SMILES string of the molecule is CCC1(c2cccc(C)c2)C(=O)N(C(=O)OCc2ccccc2)N1C(=O)OCc1ccccc1. The molecule has 0 saturated carbocycles. The molecule has 0 radical (unpaired) electrons. The van der Waals surface area contributed by atoms with Crippen molar-refractivity contribution in [1.29, 1.82) is 0 Å². The Morgan fingerprint density at radius 3 is 1.88 bits per heavy atom. The van der Waals surface area contributed by atoms with Crippen molar-refractivity contribution in [3.05, 3.63) is 107 Å². The Balaban J connectivity index is 1.61. The van der Waals surface area contributed by atoms with Gasteiger partial charge in [-0.05, 0) is 30.0 Å². The van der Waals surface area contributed by atoms with Crippen LogP contribution >= 0.6 is 0 Å². The Hall–Kier alpha value is -4.13. The predicted molar refractivity (Wildman–Crippen MR) is 125 cm³/mol. The van der Waals surface area contributed by atoms with Crippen LogP contribution in [-0.4, -0.2) is 28.1 Å². The lowest BCUT2D eigenvalue weighted by molar-refractivity contribution is -0.203. The summed E-state index contributed by atoms with van der Waals surface area (Å²) in [6.07, 6.45) is -1.47. The quantitative estimate of drug-likeness (QED) is 0.499. The first kappa shape index (κ1) is 23.0. The second-order valence-electron chi connectivity index (χ2n) is 8.09. The molecule has 1 aliphatic rings. The number of carbonyl (C=O) groups is 3. The highest BCUT2D eigenvalue weighted by atomic mass is 16.6. The summed E-state index contributed by atoms with van der Waals surface area (Å²) in [5.74, 6) is -0.532. The van der Waals surface area contributed by atoms with Gasteiger partial charge in [0.15, 0.2) is 5.54 Å². The smallest absolute Gasteiger partial charge is 0.436 e. The van der Waals surface area contributed by atoms with Crippen LogP contribution in [0.15, 0.2) is 84.9 Å². The lowest BCUT2D eigenvalue weighted by Crippen LogP contribution is -2.77. The van der Waals surface area contributed by atoms with Crippen LogP contribution in [0, 0.1) is 6.92 Å². The molecule has 0 bridgehead atoms. The summed E-state index contributed by atoms with van der Waals surface area (Å²) in [6, 6.07) is 25.6. The number of hydrogen-bond donors (Lipinski definition) is 0. The van der Waals surface area contributed by atoms with Gasteiger partial charge in [0.1, 0.15) is 13.2 Å². The number of benzene rings is 3. The molecule has 1 heterocycles. The van der Waals surface area contributed by atoms with E-state index in [0.29, 0.717) is 5.56 Å². The first-order valence-corrected chi connectivity index (χ1v) is 11.1. The van der Waals surface area contributed by atoms with E-state index in [0.717, 1.165) is 26.7 Å². The zero-order chi connectivity index (χ0) is 24.1. The van der Waals surface area contributed by atoms with Gasteiger partial charge in [-0.1, -0.05) is 97.4 Å². The third-order valence-corrected chi connectivity index (χ3v) is 5.87. The second-order valence-corrected chi connectivity index (χ2v) is 8.09. The van der Waals surface area contributed by atoms with Crippen molar-refractivity contribution in [2.24, 2.45) is 0 Å². The van der Waals surface area contributed by atoms with Gasteiger partial charge in [0.25, 0.3) is 5.91 Å². The van der Waals surface area contributed by atoms with Crippen LogP contribution in [-0.2, 0) is 33.0 Å². The summed E-state index contributed by atoms with van der Waals surface area (Å²) >= 11 is 0. The minimum Gasteiger partial charge on any atom is -0.443 e. The van der Waals surface area contributed by atoms with Crippen molar-refractivity contribution >= 4 is 18.1 Å². The number of carbonyl (C=O) groups excluding carboxylic acids is 3. The van der Waals surface area contributed by atoms with E-state index >= 15 is 0 Å². The number of hydrogen-bond acceptors (Lipinski definition) is 5. The van der Waals surface area contributed by atoms with Crippen LogP contribution in [0.25, 0.3) is 0 Å². The zero-order valence-electron chi connectivity index (χ0n) is 19.1. The van der Waals surface area contributed by atoms with E-state index in [4.69, 9.17) is 9.47 Å². The van der Waals surface area contributed by atoms with Crippen molar-refractivity contribution < 1.29 is 23.9 Å². The minimum atomic E-state index is -1.36. The molecule has 3 aromatic carbocycles. The highest BCUT2D eigenvalue weighted by Gasteiger charge is 2.65. The standard InChI is InChI=1S/C27H26N2O5/c1-3-27(23-16-10-11-20(2)17-23)24(30)28(25(31)33-18-21-12-6-4-7-13-21)29(27)26(32)34-19-22-14-8-5-9-15-22/h4-17H,3,18-19H2,1-2H3. The summed E-state index contributed by atoms with van der Waals surface area (Å²) in [5, 5.41) is 1.82. The fourth-order valence-corrected chi connectivity index (χ4v) is 4.10. The molecule has 1 fully saturated rings. The Bertz CT molecular complexity index is 1180. The van der Waals surface area contributed by atoms with Gasteiger partial charge in [-0.25, -0.2) is 9.59 Å². The Kier molecular flexibility index (Phi) is 6.63. The molecule has 0 aromatic heterocycles. The first-order chi connectivity index (χ1) is 16.5. The maximum Gasteiger partial charge on any atom is 0.436 e. The molecule has 0 aliphatic carbocycles. The van der Waals surface area contributed by atoms with Gasteiger partial charge in [0.2, 0.25) is 0 Å². The number of aryl methyl sites for hydroxylation is 1. The Morgan fingerprint density at radius 2 is 1.35 bits per heavy atom. The number of imide groups is 1. The van der Waals surface area contributed by atoms with Crippen LogP contribution in [0.5, 0.6) is 0 Å². The van der Waals surface area contributed by atoms with E-state index in [9.17, 15) is 14.4 Å². The summed E-state index contributed by atoms with van der Waals surface area (Å²) in [5.41, 5.74) is 1.75. The number of ether oxygens (including phenoxy) is 2. The predicted octanol–water partition coefficient (Wildman–Crippen LogP) is 5.33. The molecule has 3 amide bonds. The highest BCUT2D eigenvalue weighted by molar-refractivity contribution is 6.06. The largest absolute Gasteiger partial charge is 0.443 e. The van der Waals surface area contributed by atoms with E-state index in [1.165, 1.54) is 0 Å². The van der Waals surface area contributed by atoms with Crippen LogP contribution in [0.4, 0.5) is 9.59 Å². The number of amides is 3. The van der Waals surface area contributed by atoms with E-state index < -0.39 is 23.6 Å². The molecule has 1 saturated heterocycles. The van der Waals surface area contributed by atoms with E-state index in [1.54, 1.807) is 25.1 Å². The van der Waals surface area contributed by atoms with Crippen molar-refractivity contribution in [2.45, 2.75) is 39.0 Å². The summed E-state index contributed by atoms with van der Waals surface area (Å²) in [6.45, 7) is 3.68. The summed E-state index contributed by atoms with van der Waals surface area (Å²) in [4.78, 5) is 39.6. The average Bonchev–Trinajstić information content (AvgIpc) is 2.86. The molecule has 4 rings (SSSR count). The Labute approximate surface area is 198 Å². The van der Waals surface area contributed by atoms with Gasteiger partial charge in [0.05, 0.1) is 0 Å². The van der Waals surface area contributed by atoms with Crippen molar-refractivity contribution in [2.75, 3.05) is 0 Å². The molecular formula is C27H26N2O5. The average molecular weight is 459 g/mol. The van der Waals surface area contributed by atoms with Gasteiger partial charge in [0, 0.05) is 0 Å². The van der Waals surface area contributed by atoms with Crippen LogP contribution in [0.1, 0.15) is 35.6 Å². The first-order valence-electron chi connectivity index (χ1n) is 11.1. The van der Waals surface area contributed by atoms with Crippen LogP contribution in [0.2, 0.25) is 0 Å². The fourth-order valence-electron chi connectivity index (χ4n) is 4.10. The molecule has 1 atom stereocenters. The number of hydrazine groups is 1. The van der Waals surface area contributed by atoms with Gasteiger partial charge >= 0.3 is 12.2 Å². The Morgan fingerprint density at radius 1 is 0.794 bits per heavy atom. The zero-order valence-corrected chi connectivity index (χ0v) is 19.1. The third kappa shape index (κ3) is 4.24. The monoisotopic (exact) mass is 458 g/mol. The topological polar surface area (TPSA) is 76.2 Å². The second kappa shape index (κ2) is 9.79. The molecule has 34 heavy (non-hydrogen) atoms. The van der Waals surface area contributed by atoms with Crippen molar-refractivity contribution in [3.63, 3.8) is 0 Å². The van der Waals surface area contributed by atoms with E-state index in [-0.39, 0.29) is 19.6 Å². The molecular weight excluding hydrogens is 432 g/mol. The van der Waals surface area contributed by atoms with Gasteiger partial charge < -0.3 is 9.47 Å². The van der Waals surface area contributed by atoms with E-state index in [1.807, 2.05) is 73.7 Å². The van der Waals surface area contributed by atoms with Crippen LogP contribution in [0.3, 0.4) is 0 Å². The molecule has 174 valence electrons. The van der Waals surface area contributed by atoms with Gasteiger partial charge in [-0.2, -0.15) is 5.01 Å². The number of rotatable bonds is 6. The van der Waals surface area contributed by atoms with Gasteiger partial charge in [-0.15, -0.1) is 5.01 Å². The summed E-state index contributed by atoms with van der Waals surface area (Å²) in [7, 11) is 0. The van der Waals surface area contributed by atoms with Gasteiger partial charge in [-0.3, -0.25) is 4.79 Å². The molecule has 7 heteroatoms. The molecule has 3 aromatic rings. The van der Waals surface area contributed by atoms with Crippen LogP contribution < -0.4 is 0 Å². The maximum absolute atomic E-state index is 13.4. The molecule has 7 nitrogen and oxygen atoms in total. The lowest BCUT2D eigenvalue weighted by atomic mass is 9.81. The van der Waals surface area contributed by atoms with Crippen molar-refractivity contribution in [3.8, 4) is 0 Å². The molecule has 1 aliphatic heterocycles. The third-order valence-electron chi connectivity index (χ3n) is 5.87. The fraction of sp³-hybridized carbons (Fsp3) is 0.222. The lowest BCUT2D eigenvalue weighted by Gasteiger charge is -2.54.